The first-order valence-electron chi connectivity index (χ1n) is 8.57. The summed E-state index contributed by atoms with van der Waals surface area (Å²) in [5.41, 5.74) is 9.22. The number of nitrogens with two attached hydrogens (primary N) is 1. The molecule has 0 aromatic heterocycles. The van der Waals surface area contributed by atoms with Gasteiger partial charge < -0.3 is 10.5 Å². The van der Waals surface area contributed by atoms with Crippen LogP contribution in [0.25, 0.3) is 0 Å². The van der Waals surface area contributed by atoms with Crippen LogP contribution in [0, 0.1) is 5.92 Å². The van der Waals surface area contributed by atoms with Crippen molar-refractivity contribution in [2.24, 2.45) is 11.7 Å². The fraction of sp³-hybridized carbons (Fsp3) is 0.684. The molecule has 21 heavy (non-hydrogen) atoms. The van der Waals surface area contributed by atoms with Gasteiger partial charge in [0.05, 0.1) is 7.11 Å². The van der Waals surface area contributed by atoms with Gasteiger partial charge in [-0.25, -0.2) is 0 Å². The van der Waals surface area contributed by atoms with Gasteiger partial charge in [-0.15, -0.1) is 0 Å². The van der Waals surface area contributed by atoms with Gasteiger partial charge in [0.1, 0.15) is 5.75 Å². The zero-order chi connectivity index (χ0) is 14.9. The fourth-order valence-corrected chi connectivity index (χ4v) is 4.17. The molecule has 2 aliphatic rings. The molecular formula is C19H29NO. The topological polar surface area (TPSA) is 35.2 Å². The van der Waals surface area contributed by atoms with Crippen LogP contribution in [0.2, 0.25) is 0 Å². The minimum Gasteiger partial charge on any atom is -0.496 e. The Morgan fingerprint density at radius 1 is 1.19 bits per heavy atom. The molecule has 0 heterocycles. The summed E-state index contributed by atoms with van der Waals surface area (Å²) < 4.78 is 5.65. The summed E-state index contributed by atoms with van der Waals surface area (Å²) in [5, 5.41) is 0. The lowest BCUT2D eigenvalue weighted by molar-refractivity contribution is 0.252. The van der Waals surface area contributed by atoms with E-state index in [0.717, 1.165) is 18.2 Å². The van der Waals surface area contributed by atoms with Gasteiger partial charge in [-0.1, -0.05) is 38.3 Å². The average molecular weight is 287 g/mol. The van der Waals surface area contributed by atoms with E-state index < -0.39 is 0 Å². The zero-order valence-corrected chi connectivity index (χ0v) is 13.5. The standard InChI is InChI=1S/C19H29NO/c1-14-4-6-15(7-5-14)17-12-16(8-9-18(17)21-2)19(13-20)10-3-11-19/h8-9,12,14-15H,3-7,10-11,13,20H2,1-2H3. The van der Waals surface area contributed by atoms with Crippen LogP contribution >= 0.6 is 0 Å². The van der Waals surface area contributed by atoms with Gasteiger partial charge in [-0.05, 0) is 54.7 Å². The van der Waals surface area contributed by atoms with Gasteiger partial charge >= 0.3 is 0 Å². The third kappa shape index (κ3) is 2.70. The van der Waals surface area contributed by atoms with Crippen LogP contribution in [0.1, 0.15) is 68.9 Å². The number of hydrogen-bond donors (Lipinski definition) is 1. The molecule has 0 amide bonds. The van der Waals surface area contributed by atoms with Crippen LogP contribution in [0.15, 0.2) is 18.2 Å². The van der Waals surface area contributed by atoms with Gasteiger partial charge in [-0.3, -0.25) is 0 Å². The smallest absolute Gasteiger partial charge is 0.122 e. The Labute approximate surface area is 129 Å². The van der Waals surface area contributed by atoms with E-state index in [1.807, 2.05) is 0 Å². The normalized spacial score (nSPS) is 28.0. The van der Waals surface area contributed by atoms with E-state index in [1.165, 1.54) is 56.1 Å². The second kappa shape index (κ2) is 6.00. The summed E-state index contributed by atoms with van der Waals surface area (Å²) in [6, 6.07) is 6.85. The Kier molecular flexibility index (Phi) is 4.26. The molecule has 1 aromatic rings. The molecule has 2 heteroatoms. The highest BCUT2D eigenvalue weighted by molar-refractivity contribution is 5.43. The number of benzene rings is 1. The third-order valence-electron chi connectivity index (χ3n) is 6.00. The number of ether oxygens (including phenoxy) is 1. The van der Waals surface area contributed by atoms with E-state index in [-0.39, 0.29) is 5.41 Å². The highest BCUT2D eigenvalue weighted by Gasteiger charge is 2.38. The van der Waals surface area contributed by atoms with E-state index in [4.69, 9.17) is 10.5 Å². The lowest BCUT2D eigenvalue weighted by atomic mass is 9.64. The Morgan fingerprint density at radius 3 is 2.43 bits per heavy atom. The van der Waals surface area contributed by atoms with Crippen molar-refractivity contribution in [3.05, 3.63) is 29.3 Å². The summed E-state index contributed by atoms with van der Waals surface area (Å²) >= 11 is 0. The molecule has 1 aromatic carbocycles. The molecule has 2 nitrogen and oxygen atoms in total. The van der Waals surface area contributed by atoms with E-state index in [0.29, 0.717) is 5.92 Å². The molecule has 0 bridgehead atoms. The first-order valence-corrected chi connectivity index (χ1v) is 8.57. The molecule has 0 spiro atoms. The summed E-state index contributed by atoms with van der Waals surface area (Å²) in [6.07, 6.45) is 9.11. The quantitative estimate of drug-likeness (QED) is 0.892. The third-order valence-corrected chi connectivity index (χ3v) is 6.00. The molecule has 116 valence electrons. The summed E-state index contributed by atoms with van der Waals surface area (Å²) in [6.45, 7) is 3.15. The molecule has 0 aliphatic heterocycles. The lowest BCUT2D eigenvalue weighted by Crippen LogP contribution is -2.41. The first kappa shape index (κ1) is 14.9. The van der Waals surface area contributed by atoms with E-state index in [1.54, 1.807) is 7.11 Å². The van der Waals surface area contributed by atoms with Crippen LogP contribution in [0.4, 0.5) is 0 Å². The van der Waals surface area contributed by atoms with Crippen LogP contribution in [-0.2, 0) is 5.41 Å². The Morgan fingerprint density at radius 2 is 1.90 bits per heavy atom. The summed E-state index contributed by atoms with van der Waals surface area (Å²) in [5.74, 6) is 2.63. The second-order valence-electron chi connectivity index (χ2n) is 7.25. The molecule has 2 aliphatic carbocycles. The summed E-state index contributed by atoms with van der Waals surface area (Å²) in [4.78, 5) is 0. The van der Waals surface area contributed by atoms with Crippen molar-refractivity contribution in [3.63, 3.8) is 0 Å². The Bertz CT molecular complexity index is 479. The maximum atomic E-state index is 6.09. The lowest BCUT2D eigenvalue weighted by Gasteiger charge is -2.42. The fourth-order valence-electron chi connectivity index (χ4n) is 4.17. The van der Waals surface area contributed by atoms with Crippen LogP contribution < -0.4 is 10.5 Å². The molecular weight excluding hydrogens is 258 g/mol. The predicted molar refractivity (Wildman–Crippen MR) is 88.0 cm³/mol. The Balaban J connectivity index is 1.90. The molecule has 0 atom stereocenters. The summed E-state index contributed by atoms with van der Waals surface area (Å²) in [7, 11) is 1.80. The largest absolute Gasteiger partial charge is 0.496 e. The molecule has 0 saturated heterocycles. The van der Waals surface area contributed by atoms with Gasteiger partial charge in [0, 0.05) is 12.0 Å². The highest BCUT2D eigenvalue weighted by Crippen LogP contribution is 2.46. The van der Waals surface area contributed by atoms with Gasteiger partial charge in [-0.2, -0.15) is 0 Å². The minimum atomic E-state index is 0.253. The van der Waals surface area contributed by atoms with Crippen LogP contribution in [0.3, 0.4) is 0 Å². The van der Waals surface area contributed by atoms with Crippen LogP contribution in [-0.4, -0.2) is 13.7 Å². The number of methoxy groups -OCH3 is 1. The predicted octanol–water partition coefficient (Wildman–Crippen LogP) is 4.37. The van der Waals surface area contributed by atoms with Crippen molar-refractivity contribution in [3.8, 4) is 5.75 Å². The van der Waals surface area contributed by atoms with Crippen molar-refractivity contribution < 1.29 is 4.74 Å². The van der Waals surface area contributed by atoms with Crippen molar-refractivity contribution in [1.82, 2.24) is 0 Å². The van der Waals surface area contributed by atoms with Crippen molar-refractivity contribution in [2.45, 2.75) is 63.2 Å². The number of hydrogen-bond acceptors (Lipinski definition) is 2. The number of rotatable bonds is 4. The molecule has 2 saturated carbocycles. The molecule has 0 unspecified atom stereocenters. The highest BCUT2D eigenvalue weighted by atomic mass is 16.5. The minimum absolute atomic E-state index is 0.253. The van der Waals surface area contributed by atoms with E-state index in [2.05, 4.69) is 25.1 Å². The maximum Gasteiger partial charge on any atom is 0.122 e. The molecule has 3 rings (SSSR count). The average Bonchev–Trinajstić information content (AvgIpc) is 2.47. The monoisotopic (exact) mass is 287 g/mol. The van der Waals surface area contributed by atoms with Gasteiger partial charge in [0.2, 0.25) is 0 Å². The SMILES string of the molecule is COc1ccc(C2(CN)CCC2)cc1C1CCC(C)CC1. The first-order chi connectivity index (χ1) is 10.2. The van der Waals surface area contributed by atoms with Gasteiger partial charge in [0.25, 0.3) is 0 Å². The molecule has 2 fully saturated rings. The second-order valence-corrected chi connectivity index (χ2v) is 7.25. The van der Waals surface area contributed by atoms with Crippen molar-refractivity contribution in [1.29, 1.82) is 0 Å². The van der Waals surface area contributed by atoms with E-state index in [9.17, 15) is 0 Å². The van der Waals surface area contributed by atoms with E-state index >= 15 is 0 Å². The molecule has 2 N–H and O–H groups in total. The van der Waals surface area contributed by atoms with Crippen molar-refractivity contribution >= 4 is 0 Å². The Hall–Kier alpha value is -1.02. The van der Waals surface area contributed by atoms with Gasteiger partial charge in [0.15, 0.2) is 0 Å². The van der Waals surface area contributed by atoms with Crippen LogP contribution in [0.5, 0.6) is 5.75 Å². The maximum absolute atomic E-state index is 6.09. The molecule has 0 radical (unpaired) electrons. The zero-order valence-electron chi connectivity index (χ0n) is 13.5. The van der Waals surface area contributed by atoms with Crippen molar-refractivity contribution in [2.75, 3.05) is 13.7 Å².